The summed E-state index contributed by atoms with van der Waals surface area (Å²) in [6.07, 6.45) is -5.50. The molecular weight excluding hydrogens is 262 g/mol. The zero-order valence-electron chi connectivity index (χ0n) is 10.0. The summed E-state index contributed by atoms with van der Waals surface area (Å²) in [5.74, 6) is -2.23. The fourth-order valence-corrected chi connectivity index (χ4v) is 1.11. The van der Waals surface area contributed by atoms with Gasteiger partial charge in [-0.1, -0.05) is 0 Å². The first-order valence-electron chi connectivity index (χ1n) is 5.43. The zero-order valence-corrected chi connectivity index (χ0v) is 10.0. The zero-order chi connectivity index (χ0) is 15.0. The van der Waals surface area contributed by atoms with E-state index in [9.17, 15) is 19.5 Å². The molecule has 0 amide bonds. The van der Waals surface area contributed by atoms with Gasteiger partial charge in [0.2, 0.25) is 0 Å². The van der Waals surface area contributed by atoms with Crippen LogP contribution in [0.25, 0.3) is 0 Å². The van der Waals surface area contributed by atoms with Crippen LogP contribution in [0, 0.1) is 0 Å². The Morgan fingerprint density at radius 3 is 2.32 bits per heavy atom. The van der Waals surface area contributed by atoms with E-state index in [1.54, 1.807) is 0 Å². The Kier molecular flexibility index (Phi) is 7.84. The Balaban J connectivity index is 4.28. The van der Waals surface area contributed by atoms with Crippen molar-refractivity contribution in [2.24, 2.45) is 5.73 Å². The Morgan fingerprint density at radius 1 is 1.32 bits per heavy atom. The highest BCUT2D eigenvalue weighted by atomic mass is 16.6. The van der Waals surface area contributed by atoms with Crippen LogP contribution in [0.5, 0.6) is 0 Å². The van der Waals surface area contributed by atoms with Crippen LogP contribution in [0.3, 0.4) is 0 Å². The third-order valence-corrected chi connectivity index (χ3v) is 2.30. The second-order valence-corrected chi connectivity index (χ2v) is 3.81. The van der Waals surface area contributed by atoms with Crippen molar-refractivity contribution in [3.8, 4) is 0 Å². The lowest BCUT2D eigenvalue weighted by molar-refractivity contribution is -0.164. The first-order valence-corrected chi connectivity index (χ1v) is 5.43. The summed E-state index contributed by atoms with van der Waals surface area (Å²) in [4.78, 5) is 32.3. The predicted octanol–water partition coefficient (Wildman–Crippen LogP) is -3.00. The molecule has 0 heterocycles. The molecule has 0 aromatic carbocycles. The van der Waals surface area contributed by atoms with Crippen LogP contribution in [-0.4, -0.2) is 69.6 Å². The molecule has 0 radical (unpaired) electrons. The van der Waals surface area contributed by atoms with E-state index >= 15 is 0 Å². The number of aliphatic carboxylic acids is 1. The highest BCUT2D eigenvalue weighted by molar-refractivity contribution is 5.76. The number of aliphatic hydroxyl groups excluding tert-OH is 3. The van der Waals surface area contributed by atoms with Gasteiger partial charge in [0.05, 0.1) is 6.61 Å². The molecule has 0 aromatic rings. The van der Waals surface area contributed by atoms with Crippen LogP contribution in [0.2, 0.25) is 0 Å². The number of nitrogens with two attached hydrogens (primary N) is 1. The summed E-state index contributed by atoms with van der Waals surface area (Å²) in [6, 6.07) is -1.24. The van der Waals surface area contributed by atoms with Gasteiger partial charge < -0.3 is 30.9 Å². The van der Waals surface area contributed by atoms with Crippen molar-refractivity contribution in [2.75, 3.05) is 6.61 Å². The van der Waals surface area contributed by atoms with Crippen LogP contribution >= 0.6 is 0 Å². The average Bonchev–Trinajstić information content (AvgIpc) is 2.39. The average molecular weight is 279 g/mol. The normalized spacial score (nSPS) is 17.1. The molecule has 110 valence electrons. The maximum atomic E-state index is 11.3. The third-order valence-electron chi connectivity index (χ3n) is 2.30. The molecule has 0 aliphatic rings. The monoisotopic (exact) mass is 279 g/mol. The minimum atomic E-state index is -1.76. The number of aliphatic hydroxyl groups is 3. The summed E-state index contributed by atoms with van der Waals surface area (Å²) >= 11 is 0. The standard InChI is InChI=1S/C10H17NO8/c11-5(10(17)18)1-2-8(15)19-7(4-13)9(16)6(14)3-12/h4-7,9,12,14,16H,1-3,11H2,(H,17,18)/t5-,6+,7+,9+/m0/s1. The number of hydrogen-bond acceptors (Lipinski definition) is 8. The van der Waals surface area contributed by atoms with Crippen molar-refractivity contribution in [3.05, 3.63) is 0 Å². The first kappa shape index (κ1) is 17.4. The number of carboxylic acids is 1. The summed E-state index contributed by atoms with van der Waals surface area (Å²) in [5.41, 5.74) is 5.16. The Hall–Kier alpha value is -1.55. The lowest BCUT2D eigenvalue weighted by Crippen LogP contribution is -2.43. The third kappa shape index (κ3) is 6.25. The van der Waals surface area contributed by atoms with Gasteiger partial charge in [-0.05, 0) is 6.42 Å². The second-order valence-electron chi connectivity index (χ2n) is 3.81. The molecule has 6 N–H and O–H groups in total. The molecule has 9 heteroatoms. The number of ether oxygens (including phenoxy) is 1. The van der Waals surface area contributed by atoms with E-state index in [1.165, 1.54) is 0 Å². The topological polar surface area (TPSA) is 167 Å². The van der Waals surface area contributed by atoms with Crippen LogP contribution in [-0.2, 0) is 19.1 Å². The van der Waals surface area contributed by atoms with E-state index in [0.29, 0.717) is 0 Å². The summed E-state index contributed by atoms with van der Waals surface area (Å²) in [7, 11) is 0. The number of carboxylic acid groups (broad SMARTS) is 1. The quantitative estimate of drug-likeness (QED) is 0.218. The van der Waals surface area contributed by atoms with Crippen molar-refractivity contribution in [3.63, 3.8) is 0 Å². The number of aldehydes is 1. The van der Waals surface area contributed by atoms with Crippen molar-refractivity contribution >= 4 is 18.2 Å². The molecule has 0 fully saturated rings. The van der Waals surface area contributed by atoms with Gasteiger partial charge in [-0.25, -0.2) is 0 Å². The van der Waals surface area contributed by atoms with Crippen molar-refractivity contribution < 1.29 is 39.5 Å². The SMILES string of the molecule is N[C@@H](CCC(=O)O[C@H](C=O)[C@H](O)[C@H](O)CO)C(=O)O. The number of hydrogen-bond donors (Lipinski definition) is 5. The van der Waals surface area contributed by atoms with Crippen molar-refractivity contribution in [1.29, 1.82) is 0 Å². The minimum absolute atomic E-state index is 0.0958. The van der Waals surface area contributed by atoms with Gasteiger partial charge in [0.25, 0.3) is 0 Å². The summed E-state index contributed by atoms with van der Waals surface area (Å²) < 4.78 is 4.54. The Bertz CT molecular complexity index is 321. The van der Waals surface area contributed by atoms with E-state index in [0.717, 1.165) is 0 Å². The van der Waals surface area contributed by atoms with Gasteiger partial charge in [-0.2, -0.15) is 0 Å². The minimum Gasteiger partial charge on any atom is -0.480 e. The molecule has 0 aliphatic carbocycles. The largest absolute Gasteiger partial charge is 0.480 e. The van der Waals surface area contributed by atoms with Gasteiger partial charge in [-0.15, -0.1) is 0 Å². The lowest BCUT2D eigenvalue weighted by Gasteiger charge is -2.21. The van der Waals surface area contributed by atoms with Gasteiger partial charge >= 0.3 is 11.9 Å². The molecule has 9 nitrogen and oxygen atoms in total. The maximum absolute atomic E-state index is 11.3. The van der Waals surface area contributed by atoms with Crippen molar-refractivity contribution in [1.82, 2.24) is 0 Å². The smallest absolute Gasteiger partial charge is 0.320 e. The fourth-order valence-electron chi connectivity index (χ4n) is 1.11. The molecule has 0 aliphatic heterocycles. The van der Waals surface area contributed by atoms with E-state index in [1.807, 2.05) is 0 Å². The van der Waals surface area contributed by atoms with Crippen LogP contribution in [0.4, 0.5) is 0 Å². The molecule has 0 saturated carbocycles. The number of rotatable bonds is 9. The molecule has 0 bridgehead atoms. The highest BCUT2D eigenvalue weighted by Gasteiger charge is 2.29. The molecule has 4 atom stereocenters. The van der Waals surface area contributed by atoms with E-state index in [2.05, 4.69) is 4.74 Å². The molecule has 0 aromatic heterocycles. The fraction of sp³-hybridized carbons (Fsp3) is 0.700. The molecule has 0 rings (SSSR count). The van der Waals surface area contributed by atoms with Gasteiger partial charge in [0.15, 0.2) is 12.4 Å². The van der Waals surface area contributed by atoms with Crippen LogP contribution < -0.4 is 5.73 Å². The van der Waals surface area contributed by atoms with Gasteiger partial charge in [0.1, 0.15) is 18.2 Å². The van der Waals surface area contributed by atoms with E-state index in [-0.39, 0.29) is 19.1 Å². The Morgan fingerprint density at radius 2 is 1.89 bits per heavy atom. The molecular formula is C10H17NO8. The number of carbonyl (C=O) groups is 3. The number of carbonyl (C=O) groups excluding carboxylic acids is 2. The van der Waals surface area contributed by atoms with E-state index < -0.39 is 42.9 Å². The molecule has 19 heavy (non-hydrogen) atoms. The summed E-state index contributed by atoms with van der Waals surface area (Å²) in [5, 5.41) is 35.5. The number of esters is 1. The molecule has 0 unspecified atom stereocenters. The molecule has 0 spiro atoms. The lowest BCUT2D eigenvalue weighted by atomic mass is 10.1. The first-order chi connectivity index (χ1) is 8.83. The van der Waals surface area contributed by atoms with Gasteiger partial charge in [-0.3, -0.25) is 14.4 Å². The van der Waals surface area contributed by atoms with Crippen molar-refractivity contribution in [2.45, 2.75) is 37.2 Å². The summed E-state index contributed by atoms with van der Waals surface area (Å²) in [6.45, 7) is -0.813. The second kappa shape index (κ2) is 8.53. The maximum Gasteiger partial charge on any atom is 0.320 e. The van der Waals surface area contributed by atoms with E-state index in [4.69, 9.17) is 21.1 Å². The van der Waals surface area contributed by atoms with Crippen LogP contribution in [0.1, 0.15) is 12.8 Å². The van der Waals surface area contributed by atoms with Gasteiger partial charge in [0, 0.05) is 6.42 Å². The van der Waals surface area contributed by atoms with Crippen LogP contribution in [0.15, 0.2) is 0 Å². The predicted molar refractivity (Wildman–Crippen MR) is 59.9 cm³/mol. The molecule has 0 saturated heterocycles. The highest BCUT2D eigenvalue weighted by Crippen LogP contribution is 2.06. The Labute approximate surface area is 108 Å².